The number of hydrogen-bond acceptors (Lipinski definition) is 7. The molecule has 6 rings (SSSR count). The van der Waals surface area contributed by atoms with Crippen molar-refractivity contribution in [3.05, 3.63) is 77.4 Å². The summed E-state index contributed by atoms with van der Waals surface area (Å²) < 4.78 is 54.4. The van der Waals surface area contributed by atoms with Gasteiger partial charge in [-0.1, -0.05) is 32.1 Å². The van der Waals surface area contributed by atoms with Crippen molar-refractivity contribution in [1.29, 1.82) is 0 Å². The first-order chi connectivity index (χ1) is 18.8. The Kier molecular flexibility index (Phi) is 6.93. The highest BCUT2D eigenvalue weighted by Gasteiger charge is 2.53. The number of anilines is 1. The fourth-order valence-electron chi connectivity index (χ4n) is 5.80. The Bertz CT molecular complexity index is 1590. The standard InChI is InChI=1S/C28H30F2N6O3S/c1-5-36(26(37)22-14-32-23(15-31-22)35-40(4,38)39)16-28-12-10-17(9-11-27(28,2)3)18-13-21(33-34-25(18)28)24-19(29)7-6-8-20(24)30/h6-9,11,13-15,17H,5,10,12,16H2,1-4H3,(H,32,35)/t17-,28-/m0/s1. The third-order valence-corrected chi connectivity index (χ3v) is 8.63. The molecule has 0 fully saturated rings. The molecule has 1 amide bonds. The average molecular weight is 569 g/mol. The first kappa shape index (κ1) is 27.8. The SMILES string of the molecule is CCN(C[C@]12CC[C@H](C=CC1(C)C)c1cc(-c3c(F)cccc3F)nnc12)C(=O)c1cnc(NS(C)(=O)=O)cn1. The first-order valence-electron chi connectivity index (χ1n) is 13.0. The molecule has 0 spiro atoms. The first-order valence-corrected chi connectivity index (χ1v) is 14.9. The van der Waals surface area contributed by atoms with Crippen molar-refractivity contribution in [3.63, 3.8) is 0 Å². The van der Waals surface area contributed by atoms with Crippen LogP contribution in [-0.4, -0.2) is 58.7 Å². The molecule has 3 aliphatic rings. The zero-order chi connectivity index (χ0) is 28.9. The van der Waals surface area contributed by atoms with E-state index in [1.165, 1.54) is 30.6 Å². The summed E-state index contributed by atoms with van der Waals surface area (Å²) in [6.07, 6.45) is 9.20. The summed E-state index contributed by atoms with van der Waals surface area (Å²) in [7, 11) is -3.54. The molecule has 0 aliphatic heterocycles. The molecular formula is C28H30F2N6O3S. The third kappa shape index (κ3) is 4.85. The fraction of sp³-hybridized carbons (Fsp3) is 0.393. The van der Waals surface area contributed by atoms with Crippen LogP contribution in [0.25, 0.3) is 11.3 Å². The quantitative estimate of drug-likeness (QED) is 0.418. The highest BCUT2D eigenvalue weighted by Crippen LogP contribution is 2.56. The maximum atomic E-state index is 14.6. The van der Waals surface area contributed by atoms with Gasteiger partial charge in [-0.2, -0.15) is 5.10 Å². The van der Waals surface area contributed by atoms with E-state index >= 15 is 0 Å². The number of benzene rings is 1. The number of allylic oxidation sites excluding steroid dienone is 2. The van der Waals surface area contributed by atoms with Crippen molar-refractivity contribution in [3.8, 4) is 11.3 Å². The Morgan fingerprint density at radius 3 is 2.50 bits per heavy atom. The number of carbonyl (C=O) groups excluding carboxylic acids is 1. The molecule has 2 atom stereocenters. The second kappa shape index (κ2) is 9.99. The van der Waals surface area contributed by atoms with Gasteiger partial charge in [-0.25, -0.2) is 27.2 Å². The van der Waals surface area contributed by atoms with Crippen LogP contribution >= 0.6 is 0 Å². The Morgan fingerprint density at radius 1 is 1.15 bits per heavy atom. The van der Waals surface area contributed by atoms with Gasteiger partial charge < -0.3 is 4.90 Å². The third-order valence-electron chi connectivity index (χ3n) is 8.05. The van der Waals surface area contributed by atoms with E-state index in [2.05, 4.69) is 50.9 Å². The lowest BCUT2D eigenvalue weighted by atomic mass is 9.58. The van der Waals surface area contributed by atoms with Gasteiger partial charge in [-0.15, -0.1) is 5.10 Å². The lowest BCUT2D eigenvalue weighted by Crippen LogP contribution is -2.53. The van der Waals surface area contributed by atoms with Crippen LogP contribution in [0, 0.1) is 17.0 Å². The molecular weight excluding hydrogens is 538 g/mol. The van der Waals surface area contributed by atoms with E-state index in [1.54, 1.807) is 11.0 Å². The van der Waals surface area contributed by atoms with E-state index in [0.29, 0.717) is 18.8 Å². The molecule has 12 heteroatoms. The van der Waals surface area contributed by atoms with Crippen LogP contribution in [0.15, 0.2) is 48.8 Å². The van der Waals surface area contributed by atoms with Gasteiger partial charge in [0.2, 0.25) is 10.0 Å². The van der Waals surface area contributed by atoms with Crippen molar-refractivity contribution in [2.75, 3.05) is 24.1 Å². The zero-order valence-corrected chi connectivity index (χ0v) is 23.5. The van der Waals surface area contributed by atoms with Gasteiger partial charge in [-0.3, -0.25) is 9.52 Å². The number of halogens is 2. The van der Waals surface area contributed by atoms with Crippen molar-refractivity contribution >= 4 is 21.7 Å². The largest absolute Gasteiger partial charge is 0.337 e. The molecule has 9 nitrogen and oxygen atoms in total. The normalized spacial score (nSPS) is 21.0. The maximum Gasteiger partial charge on any atom is 0.274 e. The summed E-state index contributed by atoms with van der Waals surface area (Å²) in [6, 6.07) is 5.43. The maximum absolute atomic E-state index is 14.6. The number of nitrogens with one attached hydrogen (secondary N) is 1. The number of carbonyl (C=O) groups is 1. The molecule has 3 aromatic rings. The summed E-state index contributed by atoms with van der Waals surface area (Å²) in [4.78, 5) is 23.4. The van der Waals surface area contributed by atoms with Crippen molar-refractivity contribution < 1.29 is 22.0 Å². The Balaban J connectivity index is 1.53. The number of hydrogen-bond donors (Lipinski definition) is 1. The summed E-state index contributed by atoms with van der Waals surface area (Å²) >= 11 is 0. The molecule has 3 aliphatic carbocycles. The van der Waals surface area contributed by atoms with E-state index in [0.717, 1.165) is 24.7 Å². The fourth-order valence-corrected chi connectivity index (χ4v) is 6.28. The van der Waals surface area contributed by atoms with Crippen LogP contribution in [0.4, 0.5) is 14.6 Å². The van der Waals surface area contributed by atoms with Gasteiger partial charge >= 0.3 is 0 Å². The number of fused-ring (bicyclic) bond motifs is 2. The minimum Gasteiger partial charge on any atom is -0.337 e. The van der Waals surface area contributed by atoms with Crippen molar-refractivity contribution in [2.24, 2.45) is 5.41 Å². The number of likely N-dealkylation sites (N-methyl/N-ethyl adjacent to an activating group) is 1. The van der Waals surface area contributed by atoms with Crippen molar-refractivity contribution in [2.45, 2.75) is 44.9 Å². The Labute approximate surface area is 231 Å². The summed E-state index contributed by atoms with van der Waals surface area (Å²) in [5, 5.41) is 8.89. The smallest absolute Gasteiger partial charge is 0.274 e. The Morgan fingerprint density at radius 2 is 1.88 bits per heavy atom. The second-order valence-corrected chi connectivity index (χ2v) is 12.7. The molecule has 1 N–H and O–H groups in total. The van der Waals surface area contributed by atoms with E-state index < -0.39 is 32.5 Å². The van der Waals surface area contributed by atoms with Crippen LogP contribution in [-0.2, 0) is 15.4 Å². The monoisotopic (exact) mass is 568 g/mol. The minimum absolute atomic E-state index is 0.000480. The van der Waals surface area contributed by atoms with Crippen molar-refractivity contribution in [1.82, 2.24) is 25.1 Å². The van der Waals surface area contributed by atoms with Crippen LogP contribution in [0.5, 0.6) is 0 Å². The molecule has 210 valence electrons. The molecule has 0 unspecified atom stereocenters. The van der Waals surface area contributed by atoms with E-state index in [4.69, 9.17) is 0 Å². The lowest BCUT2D eigenvalue weighted by Gasteiger charge is -2.49. The van der Waals surface area contributed by atoms with Gasteiger partial charge in [0.25, 0.3) is 5.91 Å². The molecule has 0 saturated heterocycles. The highest BCUT2D eigenvalue weighted by atomic mass is 32.2. The lowest BCUT2D eigenvalue weighted by molar-refractivity contribution is 0.0612. The molecule has 0 radical (unpaired) electrons. The predicted octanol–water partition coefficient (Wildman–Crippen LogP) is 4.46. The highest BCUT2D eigenvalue weighted by molar-refractivity contribution is 7.92. The molecule has 0 saturated carbocycles. The van der Waals surface area contributed by atoms with Gasteiger partial charge in [0.05, 0.1) is 35.6 Å². The molecule has 1 aromatic carbocycles. The summed E-state index contributed by atoms with van der Waals surface area (Å²) in [6.45, 7) is 6.72. The second-order valence-electron chi connectivity index (χ2n) is 10.9. The van der Waals surface area contributed by atoms with Crippen LogP contribution in [0.2, 0.25) is 0 Å². The predicted molar refractivity (Wildman–Crippen MR) is 146 cm³/mol. The van der Waals surface area contributed by atoms with Gasteiger partial charge in [0.1, 0.15) is 17.3 Å². The number of sulfonamides is 1. The Hall–Kier alpha value is -3.80. The average Bonchev–Trinajstić information content (AvgIpc) is 3.07. The van der Waals surface area contributed by atoms with E-state index in [-0.39, 0.29) is 34.6 Å². The zero-order valence-electron chi connectivity index (χ0n) is 22.6. The number of amides is 1. The van der Waals surface area contributed by atoms with Crippen LogP contribution < -0.4 is 4.72 Å². The molecule has 2 aromatic heterocycles. The van der Waals surface area contributed by atoms with E-state index in [1.807, 2.05) is 6.92 Å². The number of rotatable bonds is 7. The molecule has 2 bridgehead atoms. The molecule has 40 heavy (non-hydrogen) atoms. The number of nitrogens with zero attached hydrogens (tertiary/aromatic N) is 5. The molecule has 2 heterocycles. The minimum atomic E-state index is -3.54. The van der Waals surface area contributed by atoms with Gasteiger partial charge in [-0.05, 0) is 48.9 Å². The summed E-state index contributed by atoms with van der Waals surface area (Å²) in [5.41, 5.74) is 0.476. The van der Waals surface area contributed by atoms with Gasteiger partial charge in [0, 0.05) is 24.4 Å². The summed E-state index contributed by atoms with van der Waals surface area (Å²) in [5.74, 6) is -1.76. The van der Waals surface area contributed by atoms with Crippen LogP contribution in [0.1, 0.15) is 61.3 Å². The van der Waals surface area contributed by atoms with E-state index in [9.17, 15) is 22.0 Å². The topological polar surface area (TPSA) is 118 Å². The number of aromatic nitrogens is 4. The van der Waals surface area contributed by atoms with Gasteiger partial charge in [0.15, 0.2) is 5.82 Å². The van der Waals surface area contributed by atoms with Crippen LogP contribution in [0.3, 0.4) is 0 Å².